The number of benzene rings is 2. The summed E-state index contributed by atoms with van der Waals surface area (Å²) in [6.07, 6.45) is 0. The molecular weight excluding hydrogens is 401 g/mol. The Morgan fingerprint density at radius 3 is 2.27 bits per heavy atom. The van der Waals surface area contributed by atoms with Crippen molar-refractivity contribution in [2.45, 2.75) is 6.92 Å². The summed E-state index contributed by atoms with van der Waals surface area (Å²) in [4.78, 5) is 35.3. The van der Waals surface area contributed by atoms with E-state index in [9.17, 15) is 27.6 Å². The minimum atomic E-state index is -1.71. The third-order valence-electron chi connectivity index (χ3n) is 4.12. The largest absolute Gasteiger partial charge is 0.451 e. The molecule has 1 aromatic heterocycles. The lowest BCUT2D eigenvalue weighted by Gasteiger charge is -2.08. The molecule has 0 atom stereocenters. The van der Waals surface area contributed by atoms with Crippen molar-refractivity contribution in [1.29, 1.82) is 0 Å². The van der Waals surface area contributed by atoms with Crippen LogP contribution < -0.4 is 10.6 Å². The highest BCUT2D eigenvalue weighted by Crippen LogP contribution is 2.23. The first kappa shape index (κ1) is 20.8. The summed E-state index contributed by atoms with van der Waals surface area (Å²) < 4.78 is 45.1. The van der Waals surface area contributed by atoms with E-state index in [1.807, 2.05) is 5.32 Å². The van der Waals surface area contributed by atoms with Gasteiger partial charge in [0.25, 0.3) is 5.91 Å². The molecule has 2 aromatic carbocycles. The van der Waals surface area contributed by atoms with E-state index in [4.69, 9.17) is 4.42 Å². The molecule has 9 heteroatoms. The van der Waals surface area contributed by atoms with E-state index in [0.29, 0.717) is 23.0 Å². The Labute approximate surface area is 168 Å². The molecule has 3 aromatic rings. The van der Waals surface area contributed by atoms with E-state index < -0.39 is 41.5 Å². The van der Waals surface area contributed by atoms with Crippen LogP contribution in [0.25, 0.3) is 11.3 Å². The lowest BCUT2D eigenvalue weighted by atomic mass is 10.1. The standard InChI is InChI=1S/C21H15F3N2O4/c1-11(27)12-2-4-13(5-3-12)16-8-9-17(30-16)21(29)25-10-18(28)26-15-7-6-14(22)19(23)20(15)24/h2-9H,10H2,1H3,(H,25,29)(H,26,28). The second-order valence-electron chi connectivity index (χ2n) is 6.25. The van der Waals surface area contributed by atoms with Crippen molar-refractivity contribution in [2.24, 2.45) is 0 Å². The zero-order valence-corrected chi connectivity index (χ0v) is 15.6. The van der Waals surface area contributed by atoms with Crippen LogP contribution in [0.2, 0.25) is 0 Å². The molecule has 2 amide bonds. The number of furan rings is 1. The van der Waals surface area contributed by atoms with E-state index in [-0.39, 0.29) is 11.5 Å². The van der Waals surface area contributed by atoms with Crippen molar-refractivity contribution in [3.05, 3.63) is 77.3 Å². The van der Waals surface area contributed by atoms with E-state index >= 15 is 0 Å². The van der Waals surface area contributed by atoms with Gasteiger partial charge in [-0.05, 0) is 31.2 Å². The minimum absolute atomic E-state index is 0.0764. The molecule has 2 N–H and O–H groups in total. The Hall–Kier alpha value is -3.88. The summed E-state index contributed by atoms with van der Waals surface area (Å²) >= 11 is 0. The summed E-state index contributed by atoms with van der Waals surface area (Å²) in [6, 6.07) is 11.1. The van der Waals surface area contributed by atoms with Gasteiger partial charge in [-0.2, -0.15) is 0 Å². The Kier molecular flexibility index (Phi) is 6.01. The number of hydrogen-bond acceptors (Lipinski definition) is 4. The fourth-order valence-electron chi connectivity index (χ4n) is 2.55. The lowest BCUT2D eigenvalue weighted by molar-refractivity contribution is -0.115. The molecule has 3 rings (SSSR count). The highest BCUT2D eigenvalue weighted by molar-refractivity contribution is 5.98. The number of anilines is 1. The van der Waals surface area contributed by atoms with E-state index in [1.54, 1.807) is 30.3 Å². The molecule has 0 bridgehead atoms. The van der Waals surface area contributed by atoms with Gasteiger partial charge in [0.05, 0.1) is 12.2 Å². The number of carbonyl (C=O) groups excluding carboxylic acids is 3. The van der Waals surface area contributed by atoms with Crippen molar-refractivity contribution >= 4 is 23.3 Å². The van der Waals surface area contributed by atoms with Gasteiger partial charge in [-0.3, -0.25) is 14.4 Å². The first-order chi connectivity index (χ1) is 14.3. The number of ketones is 1. The molecule has 0 saturated carbocycles. The Morgan fingerprint density at radius 2 is 1.60 bits per heavy atom. The number of Topliss-reactive ketones (excluding diaryl/α,β-unsaturated/α-hetero) is 1. The maximum Gasteiger partial charge on any atom is 0.287 e. The van der Waals surface area contributed by atoms with Crippen LogP contribution >= 0.6 is 0 Å². The Bertz CT molecular complexity index is 1120. The van der Waals surface area contributed by atoms with Crippen LogP contribution in [0.5, 0.6) is 0 Å². The average molecular weight is 416 g/mol. The van der Waals surface area contributed by atoms with E-state index in [1.165, 1.54) is 13.0 Å². The SMILES string of the molecule is CC(=O)c1ccc(-c2ccc(C(=O)NCC(=O)Nc3ccc(F)c(F)c3F)o2)cc1. The van der Waals surface area contributed by atoms with Crippen LogP contribution in [0.15, 0.2) is 52.9 Å². The van der Waals surface area contributed by atoms with Crippen molar-refractivity contribution in [3.63, 3.8) is 0 Å². The minimum Gasteiger partial charge on any atom is -0.451 e. The summed E-state index contributed by atoms with van der Waals surface area (Å²) in [5, 5.41) is 4.31. The quantitative estimate of drug-likeness (QED) is 0.471. The Morgan fingerprint density at radius 1 is 0.900 bits per heavy atom. The molecule has 0 spiro atoms. The van der Waals surface area contributed by atoms with Crippen molar-refractivity contribution in [3.8, 4) is 11.3 Å². The van der Waals surface area contributed by atoms with Crippen molar-refractivity contribution in [1.82, 2.24) is 5.32 Å². The van der Waals surface area contributed by atoms with Gasteiger partial charge in [0, 0.05) is 11.1 Å². The van der Waals surface area contributed by atoms with Crippen LogP contribution in [0.3, 0.4) is 0 Å². The summed E-state index contributed by atoms with van der Waals surface area (Å²) in [5.74, 6) is -5.97. The van der Waals surface area contributed by atoms with Crippen LogP contribution in [0.1, 0.15) is 27.8 Å². The van der Waals surface area contributed by atoms with E-state index in [0.717, 1.165) is 6.07 Å². The van der Waals surface area contributed by atoms with Crippen molar-refractivity contribution < 1.29 is 32.0 Å². The maximum atomic E-state index is 13.6. The number of nitrogens with one attached hydrogen (secondary N) is 2. The number of hydrogen-bond donors (Lipinski definition) is 2. The normalized spacial score (nSPS) is 10.5. The highest BCUT2D eigenvalue weighted by Gasteiger charge is 2.17. The van der Waals surface area contributed by atoms with Gasteiger partial charge < -0.3 is 15.1 Å². The fraction of sp³-hybridized carbons (Fsp3) is 0.0952. The topological polar surface area (TPSA) is 88.4 Å². The van der Waals surface area contributed by atoms with Gasteiger partial charge in [0.15, 0.2) is 29.0 Å². The monoisotopic (exact) mass is 416 g/mol. The molecule has 6 nitrogen and oxygen atoms in total. The third-order valence-corrected chi connectivity index (χ3v) is 4.12. The first-order valence-corrected chi connectivity index (χ1v) is 8.69. The van der Waals surface area contributed by atoms with Gasteiger partial charge in [0.2, 0.25) is 5.91 Å². The van der Waals surface area contributed by atoms with Crippen molar-refractivity contribution in [2.75, 3.05) is 11.9 Å². The summed E-state index contributed by atoms with van der Waals surface area (Å²) in [6.45, 7) is 0.891. The molecule has 0 unspecified atom stereocenters. The summed E-state index contributed by atoms with van der Waals surface area (Å²) in [7, 11) is 0. The zero-order chi connectivity index (χ0) is 21.8. The molecule has 0 fully saturated rings. The number of amides is 2. The lowest BCUT2D eigenvalue weighted by Crippen LogP contribution is -2.32. The van der Waals surface area contributed by atoms with Crippen LogP contribution in [0.4, 0.5) is 18.9 Å². The fourth-order valence-corrected chi connectivity index (χ4v) is 2.55. The van der Waals surface area contributed by atoms with Gasteiger partial charge in [-0.25, -0.2) is 13.2 Å². The number of rotatable bonds is 6. The van der Waals surface area contributed by atoms with Gasteiger partial charge in [-0.1, -0.05) is 24.3 Å². The molecule has 0 radical (unpaired) electrons. The highest BCUT2D eigenvalue weighted by atomic mass is 19.2. The second-order valence-corrected chi connectivity index (χ2v) is 6.25. The van der Waals surface area contributed by atoms with Gasteiger partial charge in [-0.15, -0.1) is 0 Å². The van der Waals surface area contributed by atoms with Gasteiger partial charge >= 0.3 is 0 Å². The van der Waals surface area contributed by atoms with Gasteiger partial charge in [0.1, 0.15) is 5.76 Å². The predicted molar refractivity (Wildman–Crippen MR) is 101 cm³/mol. The predicted octanol–water partition coefficient (Wildman–Crippen LogP) is 3.94. The second kappa shape index (κ2) is 8.64. The number of halogens is 3. The van der Waals surface area contributed by atoms with Crippen LogP contribution in [-0.2, 0) is 4.79 Å². The molecular formula is C21H15F3N2O4. The maximum absolute atomic E-state index is 13.6. The molecule has 1 heterocycles. The van der Waals surface area contributed by atoms with Crippen LogP contribution in [0, 0.1) is 17.5 Å². The molecule has 0 aliphatic rings. The molecule has 0 aliphatic heterocycles. The number of carbonyl (C=O) groups is 3. The molecule has 30 heavy (non-hydrogen) atoms. The summed E-state index contributed by atoms with van der Waals surface area (Å²) in [5.41, 5.74) is 0.625. The zero-order valence-electron chi connectivity index (χ0n) is 15.6. The smallest absolute Gasteiger partial charge is 0.287 e. The van der Waals surface area contributed by atoms with E-state index in [2.05, 4.69) is 5.32 Å². The Balaban J connectivity index is 1.60. The first-order valence-electron chi connectivity index (χ1n) is 8.69. The van der Waals surface area contributed by atoms with Crippen LogP contribution in [-0.4, -0.2) is 24.1 Å². The average Bonchev–Trinajstić information content (AvgIpc) is 3.23. The molecule has 154 valence electrons. The molecule has 0 aliphatic carbocycles. The molecule has 0 saturated heterocycles. The third kappa shape index (κ3) is 4.57.